The lowest BCUT2D eigenvalue weighted by atomic mass is 10.2. The Morgan fingerprint density at radius 2 is 2.20 bits per heavy atom. The van der Waals surface area contributed by atoms with E-state index in [-0.39, 0.29) is 17.1 Å². The van der Waals surface area contributed by atoms with Gasteiger partial charge in [0.15, 0.2) is 11.5 Å². The molecule has 0 aliphatic carbocycles. The molecule has 0 fully saturated rings. The molecule has 0 saturated carbocycles. The second kappa shape index (κ2) is 4.45. The molecule has 0 heterocycles. The number of halogens is 1. The van der Waals surface area contributed by atoms with Gasteiger partial charge < -0.3 is 14.9 Å². The molecule has 0 amide bonds. The molecule has 1 aromatic rings. The Morgan fingerprint density at radius 1 is 1.53 bits per heavy atom. The molecule has 0 aliphatic rings. The zero-order valence-corrected chi connectivity index (χ0v) is 7.90. The number of carbonyl (C=O) groups is 1. The van der Waals surface area contributed by atoms with Crippen LogP contribution in [-0.4, -0.2) is 23.3 Å². The molecule has 4 nitrogen and oxygen atoms in total. The van der Waals surface area contributed by atoms with Crippen molar-refractivity contribution < 1.29 is 24.1 Å². The van der Waals surface area contributed by atoms with Crippen molar-refractivity contribution in [1.29, 1.82) is 0 Å². The zero-order valence-electron chi connectivity index (χ0n) is 7.90. The monoisotopic (exact) mass is 212 g/mol. The van der Waals surface area contributed by atoms with Crippen molar-refractivity contribution in [3.63, 3.8) is 0 Å². The molecule has 0 aromatic heterocycles. The maximum absolute atomic E-state index is 12.7. The molecule has 1 aromatic carbocycles. The lowest BCUT2D eigenvalue weighted by Gasteiger charge is -2.03. The van der Waals surface area contributed by atoms with Crippen LogP contribution in [-0.2, 0) is 4.79 Å². The van der Waals surface area contributed by atoms with E-state index < -0.39 is 11.8 Å². The summed E-state index contributed by atoms with van der Waals surface area (Å²) in [5.41, 5.74) is 0.244. The molecular weight excluding hydrogens is 203 g/mol. The third-order valence-corrected chi connectivity index (χ3v) is 1.70. The highest BCUT2D eigenvalue weighted by Gasteiger charge is 2.06. The van der Waals surface area contributed by atoms with Crippen LogP contribution in [0.5, 0.6) is 11.5 Å². The number of benzene rings is 1. The molecular formula is C10H9FO4. The Kier molecular flexibility index (Phi) is 3.28. The van der Waals surface area contributed by atoms with E-state index in [1.807, 2.05) is 0 Å². The average Bonchev–Trinajstić information content (AvgIpc) is 2.18. The standard InChI is InChI=1S/C10H9FO4/c1-15-9-3-2-6(5-8(9)12)4-7(11)10(13)14/h2-5,12H,1H3,(H,13,14)/b7-4-. The molecule has 0 unspecified atom stereocenters. The van der Waals surface area contributed by atoms with E-state index in [0.29, 0.717) is 0 Å². The summed E-state index contributed by atoms with van der Waals surface area (Å²) in [5, 5.41) is 17.6. The SMILES string of the molecule is COc1ccc(/C=C(\F)C(=O)O)cc1O. The quantitative estimate of drug-likeness (QED) is 0.749. The molecule has 0 saturated heterocycles. The number of methoxy groups -OCH3 is 1. The smallest absolute Gasteiger partial charge is 0.364 e. The summed E-state index contributed by atoms with van der Waals surface area (Å²) in [6.45, 7) is 0. The lowest BCUT2D eigenvalue weighted by Crippen LogP contribution is -1.94. The van der Waals surface area contributed by atoms with E-state index in [9.17, 15) is 14.3 Å². The minimum atomic E-state index is -1.65. The summed E-state index contributed by atoms with van der Waals surface area (Å²) < 4.78 is 17.4. The van der Waals surface area contributed by atoms with Gasteiger partial charge in [0.05, 0.1) is 7.11 Å². The van der Waals surface area contributed by atoms with Gasteiger partial charge in [-0.25, -0.2) is 4.79 Å². The van der Waals surface area contributed by atoms with Gasteiger partial charge in [0.2, 0.25) is 5.83 Å². The molecule has 5 heteroatoms. The van der Waals surface area contributed by atoms with E-state index in [0.717, 1.165) is 6.08 Å². The minimum absolute atomic E-state index is 0.176. The number of hydrogen-bond acceptors (Lipinski definition) is 3. The number of carboxylic acid groups (broad SMARTS) is 1. The number of phenols is 1. The summed E-state index contributed by atoms with van der Waals surface area (Å²) in [7, 11) is 1.38. The first-order chi connectivity index (χ1) is 7.04. The van der Waals surface area contributed by atoms with Gasteiger partial charge in [0.1, 0.15) is 0 Å². The summed E-state index contributed by atoms with van der Waals surface area (Å²) in [4.78, 5) is 10.2. The Hall–Kier alpha value is -2.04. The number of aliphatic carboxylic acids is 1. The minimum Gasteiger partial charge on any atom is -0.504 e. The van der Waals surface area contributed by atoms with Crippen LogP contribution >= 0.6 is 0 Å². The van der Waals surface area contributed by atoms with Crippen molar-refractivity contribution >= 4 is 12.0 Å². The van der Waals surface area contributed by atoms with Crippen LogP contribution in [0.2, 0.25) is 0 Å². The summed E-state index contributed by atoms with van der Waals surface area (Å²) in [6.07, 6.45) is 0.807. The van der Waals surface area contributed by atoms with Crippen molar-refractivity contribution in [3.05, 3.63) is 29.6 Å². The van der Waals surface area contributed by atoms with Crippen LogP contribution in [0.1, 0.15) is 5.56 Å². The van der Waals surface area contributed by atoms with Crippen LogP contribution in [0.15, 0.2) is 24.0 Å². The Bertz CT molecular complexity index is 412. The third-order valence-electron chi connectivity index (χ3n) is 1.70. The first-order valence-corrected chi connectivity index (χ1v) is 4.02. The first-order valence-electron chi connectivity index (χ1n) is 4.02. The Labute approximate surface area is 85.2 Å². The molecule has 0 aliphatic heterocycles. The van der Waals surface area contributed by atoms with Crippen molar-refractivity contribution in [2.24, 2.45) is 0 Å². The number of ether oxygens (including phenoxy) is 1. The van der Waals surface area contributed by atoms with Crippen molar-refractivity contribution in [2.45, 2.75) is 0 Å². The molecule has 1 rings (SSSR count). The predicted molar refractivity (Wildman–Crippen MR) is 51.4 cm³/mol. The molecule has 2 N–H and O–H groups in total. The lowest BCUT2D eigenvalue weighted by molar-refractivity contribution is -0.134. The van der Waals surface area contributed by atoms with Crippen molar-refractivity contribution in [2.75, 3.05) is 7.11 Å². The van der Waals surface area contributed by atoms with E-state index in [2.05, 4.69) is 0 Å². The van der Waals surface area contributed by atoms with Gasteiger partial charge in [0, 0.05) is 0 Å². The Morgan fingerprint density at radius 3 is 2.67 bits per heavy atom. The van der Waals surface area contributed by atoms with Gasteiger partial charge in [-0.1, -0.05) is 6.07 Å². The van der Waals surface area contributed by atoms with Crippen LogP contribution in [0.3, 0.4) is 0 Å². The molecule has 80 valence electrons. The van der Waals surface area contributed by atoms with Gasteiger partial charge >= 0.3 is 5.97 Å². The highest BCUT2D eigenvalue weighted by atomic mass is 19.1. The van der Waals surface area contributed by atoms with Crippen LogP contribution < -0.4 is 4.74 Å². The van der Waals surface area contributed by atoms with Gasteiger partial charge in [-0.15, -0.1) is 0 Å². The fourth-order valence-corrected chi connectivity index (χ4v) is 1.00. The number of phenolic OH excluding ortho intramolecular Hbond substituents is 1. The predicted octanol–water partition coefficient (Wildman–Crippen LogP) is 1.80. The van der Waals surface area contributed by atoms with Gasteiger partial charge in [-0.3, -0.25) is 0 Å². The highest BCUT2D eigenvalue weighted by Crippen LogP contribution is 2.27. The van der Waals surface area contributed by atoms with Crippen LogP contribution in [0.4, 0.5) is 4.39 Å². The molecule has 0 radical (unpaired) electrons. The van der Waals surface area contributed by atoms with Crippen molar-refractivity contribution in [3.8, 4) is 11.5 Å². The highest BCUT2D eigenvalue weighted by molar-refractivity contribution is 5.89. The maximum atomic E-state index is 12.7. The normalized spacial score (nSPS) is 11.2. The largest absolute Gasteiger partial charge is 0.504 e. The van der Waals surface area contributed by atoms with Gasteiger partial charge in [-0.2, -0.15) is 4.39 Å². The van der Waals surface area contributed by atoms with Crippen LogP contribution in [0, 0.1) is 0 Å². The number of hydrogen-bond donors (Lipinski definition) is 2. The second-order valence-corrected chi connectivity index (χ2v) is 2.73. The molecule has 0 bridgehead atoms. The van der Waals surface area contributed by atoms with Crippen molar-refractivity contribution in [1.82, 2.24) is 0 Å². The first kappa shape index (κ1) is 11.0. The maximum Gasteiger partial charge on any atom is 0.364 e. The topological polar surface area (TPSA) is 66.8 Å². The number of aromatic hydroxyl groups is 1. The average molecular weight is 212 g/mol. The molecule has 0 atom stereocenters. The van der Waals surface area contributed by atoms with Gasteiger partial charge in [0.25, 0.3) is 0 Å². The Balaban J connectivity index is 3.03. The second-order valence-electron chi connectivity index (χ2n) is 2.73. The number of carboxylic acids is 1. The summed E-state index contributed by atoms with van der Waals surface area (Å²) in [6, 6.07) is 4.05. The zero-order chi connectivity index (χ0) is 11.4. The molecule has 15 heavy (non-hydrogen) atoms. The molecule has 0 spiro atoms. The van der Waals surface area contributed by atoms with E-state index in [1.54, 1.807) is 0 Å². The van der Waals surface area contributed by atoms with Gasteiger partial charge in [-0.05, 0) is 23.8 Å². The number of rotatable bonds is 3. The van der Waals surface area contributed by atoms with Crippen LogP contribution in [0.25, 0.3) is 6.08 Å². The fraction of sp³-hybridized carbons (Fsp3) is 0.100. The third kappa shape index (κ3) is 2.70. The van der Waals surface area contributed by atoms with E-state index in [1.165, 1.54) is 25.3 Å². The summed E-state index contributed by atoms with van der Waals surface area (Å²) >= 11 is 0. The van der Waals surface area contributed by atoms with E-state index >= 15 is 0 Å². The fourth-order valence-electron chi connectivity index (χ4n) is 1.00. The van der Waals surface area contributed by atoms with E-state index in [4.69, 9.17) is 9.84 Å². The summed E-state index contributed by atoms with van der Waals surface area (Å²) in [5.74, 6) is -2.88.